The van der Waals surface area contributed by atoms with Crippen LogP contribution in [-0.4, -0.2) is 31.6 Å². The minimum atomic E-state index is -0.193. The number of hydrogen-bond acceptors (Lipinski definition) is 5. The minimum Gasteiger partial charge on any atom is -0.356 e. The molecule has 8 heteroatoms. The van der Waals surface area contributed by atoms with Crippen molar-refractivity contribution >= 4 is 22.2 Å². The summed E-state index contributed by atoms with van der Waals surface area (Å²) < 4.78 is 3.40. The topological polar surface area (TPSA) is 81.3 Å². The monoisotopic (exact) mass is 463 g/mol. The van der Waals surface area contributed by atoms with E-state index in [2.05, 4.69) is 23.3 Å². The van der Waals surface area contributed by atoms with Crippen LogP contribution in [0.1, 0.15) is 48.8 Å². The number of nitrogens with one attached hydrogen (secondary N) is 1. The Morgan fingerprint density at radius 3 is 2.73 bits per heavy atom. The van der Waals surface area contributed by atoms with Crippen LogP contribution in [0.3, 0.4) is 0 Å². The Bertz CT molecular complexity index is 1370. The van der Waals surface area contributed by atoms with Crippen molar-refractivity contribution in [2.45, 2.75) is 53.4 Å². The van der Waals surface area contributed by atoms with E-state index in [4.69, 9.17) is 5.10 Å². The lowest BCUT2D eigenvalue weighted by molar-refractivity contribution is -0.120. The number of carbonyl (C=O) groups is 1. The summed E-state index contributed by atoms with van der Waals surface area (Å²) in [5.74, 6) is -0.0839. The maximum absolute atomic E-state index is 13.6. The van der Waals surface area contributed by atoms with Crippen LogP contribution in [-0.2, 0) is 11.2 Å². The molecule has 0 atom stereocenters. The number of unbranched alkanes of at least 4 members (excludes halogenated alkanes) is 2. The normalized spacial score (nSPS) is 11.3. The number of nitrogens with zero attached hydrogens (tertiary/aromatic N) is 4. The summed E-state index contributed by atoms with van der Waals surface area (Å²) in [6.45, 7) is 8.62. The summed E-state index contributed by atoms with van der Waals surface area (Å²) in [6.07, 6.45) is 3.29. The van der Waals surface area contributed by atoms with E-state index in [0.717, 1.165) is 36.2 Å². The molecule has 0 aliphatic rings. The van der Waals surface area contributed by atoms with Crippen LogP contribution in [0.15, 0.2) is 40.5 Å². The zero-order valence-electron chi connectivity index (χ0n) is 19.5. The highest BCUT2D eigenvalue weighted by Crippen LogP contribution is 2.23. The van der Waals surface area contributed by atoms with Gasteiger partial charge in [0, 0.05) is 23.3 Å². The maximum atomic E-state index is 13.6. The molecule has 4 rings (SSSR count). The highest BCUT2D eigenvalue weighted by atomic mass is 32.1. The van der Waals surface area contributed by atoms with E-state index in [1.165, 1.54) is 11.3 Å². The number of amides is 1. The molecule has 172 valence electrons. The van der Waals surface area contributed by atoms with Crippen molar-refractivity contribution in [3.63, 3.8) is 0 Å². The van der Waals surface area contributed by atoms with E-state index in [0.29, 0.717) is 34.2 Å². The van der Waals surface area contributed by atoms with Crippen LogP contribution in [0, 0.1) is 20.8 Å². The first kappa shape index (κ1) is 22.9. The summed E-state index contributed by atoms with van der Waals surface area (Å²) in [4.78, 5) is 31.2. The van der Waals surface area contributed by atoms with Crippen molar-refractivity contribution in [1.82, 2.24) is 24.5 Å². The number of carbonyl (C=O) groups excluding carboxylic acids is 1. The number of thiazole rings is 1. The third kappa shape index (κ3) is 4.75. The summed E-state index contributed by atoms with van der Waals surface area (Å²) in [5, 5.41) is 9.53. The van der Waals surface area contributed by atoms with Gasteiger partial charge in [-0.05, 0) is 51.0 Å². The number of hydrogen-bond donors (Lipinski definition) is 1. The quantitative estimate of drug-likeness (QED) is 0.393. The van der Waals surface area contributed by atoms with E-state index in [1.807, 2.05) is 55.1 Å². The van der Waals surface area contributed by atoms with Crippen LogP contribution in [0.25, 0.3) is 21.9 Å². The molecule has 7 nitrogen and oxygen atoms in total. The molecule has 0 aliphatic heterocycles. The summed E-state index contributed by atoms with van der Waals surface area (Å²) in [6, 6.07) is 9.99. The second-order valence-electron chi connectivity index (χ2n) is 8.38. The number of rotatable bonds is 8. The largest absolute Gasteiger partial charge is 0.356 e. The Hall–Kier alpha value is -3.26. The Labute approximate surface area is 197 Å². The molecule has 4 aromatic rings. The van der Waals surface area contributed by atoms with Crippen molar-refractivity contribution in [2.24, 2.45) is 0 Å². The van der Waals surface area contributed by atoms with Gasteiger partial charge in [0.2, 0.25) is 5.91 Å². The Balaban J connectivity index is 1.70. The second-order valence-corrected chi connectivity index (χ2v) is 9.21. The molecule has 0 spiro atoms. The van der Waals surface area contributed by atoms with Crippen LogP contribution >= 0.6 is 11.3 Å². The van der Waals surface area contributed by atoms with E-state index in [-0.39, 0.29) is 17.9 Å². The smallest absolute Gasteiger partial charge is 0.268 e. The lowest BCUT2D eigenvalue weighted by atomic mass is 10.1. The van der Waals surface area contributed by atoms with Crippen molar-refractivity contribution in [1.29, 1.82) is 0 Å². The molecule has 3 heterocycles. The summed E-state index contributed by atoms with van der Waals surface area (Å²) in [5.41, 5.74) is 5.14. The predicted octanol–water partition coefficient (Wildman–Crippen LogP) is 4.38. The van der Waals surface area contributed by atoms with Crippen LogP contribution in [0.2, 0.25) is 0 Å². The average molecular weight is 464 g/mol. The van der Waals surface area contributed by atoms with Gasteiger partial charge in [-0.25, -0.2) is 9.67 Å². The van der Waals surface area contributed by atoms with Gasteiger partial charge in [0.25, 0.3) is 5.56 Å². The third-order valence-corrected chi connectivity index (χ3v) is 6.53. The van der Waals surface area contributed by atoms with Crippen molar-refractivity contribution in [3.05, 3.63) is 68.7 Å². The average Bonchev–Trinajstić information content (AvgIpc) is 3.34. The van der Waals surface area contributed by atoms with Crippen LogP contribution in [0.4, 0.5) is 0 Å². The van der Waals surface area contributed by atoms with Crippen LogP contribution in [0.5, 0.6) is 0 Å². The fourth-order valence-electron chi connectivity index (χ4n) is 3.97. The molecular formula is C25H29N5O2S. The lowest BCUT2D eigenvalue weighted by Crippen LogP contribution is -2.28. The third-order valence-electron chi connectivity index (χ3n) is 5.65. The Morgan fingerprint density at radius 2 is 1.97 bits per heavy atom. The molecule has 33 heavy (non-hydrogen) atoms. The lowest BCUT2D eigenvalue weighted by Gasteiger charge is -2.07. The first-order chi connectivity index (χ1) is 15.9. The van der Waals surface area contributed by atoms with Gasteiger partial charge in [-0.3, -0.25) is 14.0 Å². The van der Waals surface area contributed by atoms with Gasteiger partial charge in [0.15, 0.2) is 4.96 Å². The fraction of sp³-hybridized carbons (Fsp3) is 0.360. The second kappa shape index (κ2) is 9.70. The highest BCUT2D eigenvalue weighted by molar-refractivity contribution is 7.15. The Morgan fingerprint density at radius 1 is 1.15 bits per heavy atom. The van der Waals surface area contributed by atoms with Gasteiger partial charge in [0.05, 0.1) is 23.4 Å². The van der Waals surface area contributed by atoms with Crippen molar-refractivity contribution in [3.8, 4) is 16.9 Å². The van der Waals surface area contributed by atoms with Gasteiger partial charge in [-0.2, -0.15) is 5.10 Å². The van der Waals surface area contributed by atoms with Gasteiger partial charge >= 0.3 is 0 Å². The summed E-state index contributed by atoms with van der Waals surface area (Å²) in [7, 11) is 0. The van der Waals surface area contributed by atoms with Crippen molar-refractivity contribution < 1.29 is 4.79 Å². The van der Waals surface area contributed by atoms with E-state index in [1.54, 1.807) is 4.40 Å². The molecule has 0 unspecified atom stereocenters. The molecule has 0 radical (unpaired) electrons. The molecule has 0 bridgehead atoms. The molecule has 1 N–H and O–H groups in total. The predicted molar refractivity (Wildman–Crippen MR) is 132 cm³/mol. The van der Waals surface area contributed by atoms with E-state index < -0.39 is 0 Å². The zero-order chi connectivity index (χ0) is 23.5. The molecule has 0 aliphatic carbocycles. The Kier molecular flexibility index (Phi) is 6.74. The molecule has 1 amide bonds. The van der Waals surface area contributed by atoms with Gasteiger partial charge in [0.1, 0.15) is 5.69 Å². The number of benzene rings is 1. The highest BCUT2D eigenvalue weighted by Gasteiger charge is 2.20. The molecular weight excluding hydrogens is 434 g/mol. The van der Waals surface area contributed by atoms with E-state index >= 15 is 0 Å². The van der Waals surface area contributed by atoms with Crippen molar-refractivity contribution in [2.75, 3.05) is 6.54 Å². The van der Waals surface area contributed by atoms with E-state index in [9.17, 15) is 9.59 Å². The molecule has 0 saturated heterocycles. The first-order valence-electron chi connectivity index (χ1n) is 11.3. The summed E-state index contributed by atoms with van der Waals surface area (Å²) >= 11 is 1.37. The number of aromatic nitrogens is 4. The fourth-order valence-corrected chi connectivity index (χ4v) is 4.90. The standard InChI is InChI=1S/C25H29N5O2S/c1-5-6-7-11-26-22(31)14-20-15-33-25-27-18(4)23(24(32)29(20)25)21-13-17(3)30(28-21)19-10-8-9-16(2)12-19/h8-10,12-13,15H,5-7,11,14H2,1-4H3,(H,26,31). The molecule has 1 aromatic carbocycles. The molecule has 0 saturated carbocycles. The first-order valence-corrected chi connectivity index (χ1v) is 12.2. The zero-order valence-corrected chi connectivity index (χ0v) is 20.3. The van der Waals surface area contributed by atoms with Gasteiger partial charge in [-0.1, -0.05) is 31.9 Å². The molecule has 3 aromatic heterocycles. The number of aryl methyl sites for hydroxylation is 3. The van der Waals surface area contributed by atoms with Gasteiger partial charge < -0.3 is 5.32 Å². The van der Waals surface area contributed by atoms with Gasteiger partial charge in [-0.15, -0.1) is 11.3 Å². The minimum absolute atomic E-state index is 0.0839. The number of fused-ring (bicyclic) bond motifs is 1. The maximum Gasteiger partial charge on any atom is 0.268 e. The molecule has 0 fully saturated rings. The van der Waals surface area contributed by atoms with Crippen LogP contribution < -0.4 is 10.9 Å². The SMILES string of the molecule is CCCCCNC(=O)Cc1csc2nc(C)c(-c3cc(C)n(-c4cccc(C)c4)n3)c(=O)n12.